The molecule has 2 atom stereocenters. The van der Waals surface area contributed by atoms with E-state index < -0.39 is 24.1 Å². The Kier molecular flexibility index (Phi) is 5.82. The van der Waals surface area contributed by atoms with Crippen LogP contribution < -0.4 is 0 Å². The molecule has 0 aromatic rings. The first-order valence-electron chi connectivity index (χ1n) is 4.23. The van der Waals surface area contributed by atoms with Crippen LogP contribution in [0.1, 0.15) is 13.8 Å². The van der Waals surface area contributed by atoms with E-state index in [1.165, 1.54) is 0 Å². The lowest BCUT2D eigenvalue weighted by Gasteiger charge is -2.19. The van der Waals surface area contributed by atoms with Gasteiger partial charge in [-0.25, -0.2) is 9.59 Å². The molecule has 0 aliphatic heterocycles. The molecular formula is C8H14O6. The Morgan fingerprint density at radius 1 is 1.00 bits per heavy atom. The Morgan fingerprint density at radius 2 is 1.29 bits per heavy atom. The Morgan fingerprint density at radius 3 is 1.43 bits per heavy atom. The van der Waals surface area contributed by atoms with Crippen molar-refractivity contribution in [3.8, 4) is 0 Å². The summed E-state index contributed by atoms with van der Waals surface area (Å²) in [7, 11) is 0. The van der Waals surface area contributed by atoms with E-state index in [-0.39, 0.29) is 13.2 Å². The quantitative estimate of drug-likeness (QED) is 0.607. The van der Waals surface area contributed by atoms with E-state index >= 15 is 0 Å². The highest BCUT2D eigenvalue weighted by molar-refractivity contribution is 5.83. The third-order valence-corrected chi connectivity index (χ3v) is 1.45. The maximum absolute atomic E-state index is 10.6. The number of ether oxygens (including phenoxy) is 2. The van der Waals surface area contributed by atoms with Crippen LogP contribution in [-0.4, -0.2) is 47.6 Å². The number of rotatable bonds is 7. The summed E-state index contributed by atoms with van der Waals surface area (Å²) in [5, 5.41) is 17.4. The van der Waals surface area contributed by atoms with Gasteiger partial charge in [-0.15, -0.1) is 0 Å². The van der Waals surface area contributed by atoms with Crippen LogP contribution >= 0.6 is 0 Å². The number of hydrogen-bond acceptors (Lipinski definition) is 4. The van der Waals surface area contributed by atoms with Gasteiger partial charge in [0.15, 0.2) is 12.2 Å². The van der Waals surface area contributed by atoms with Gasteiger partial charge in [0.2, 0.25) is 0 Å². The monoisotopic (exact) mass is 206 g/mol. The van der Waals surface area contributed by atoms with Crippen LogP contribution in [0.25, 0.3) is 0 Å². The predicted molar refractivity (Wildman–Crippen MR) is 46.1 cm³/mol. The lowest BCUT2D eigenvalue weighted by molar-refractivity contribution is -0.175. The first-order chi connectivity index (χ1) is 6.54. The summed E-state index contributed by atoms with van der Waals surface area (Å²) in [6.45, 7) is 3.41. The molecule has 6 heteroatoms. The van der Waals surface area contributed by atoms with Crippen molar-refractivity contribution >= 4 is 11.9 Å². The highest BCUT2D eigenvalue weighted by atomic mass is 16.6. The summed E-state index contributed by atoms with van der Waals surface area (Å²) in [6, 6.07) is 0. The fraction of sp³-hybridized carbons (Fsp3) is 0.750. The molecule has 0 radical (unpaired) electrons. The second-order valence-electron chi connectivity index (χ2n) is 2.43. The summed E-state index contributed by atoms with van der Waals surface area (Å²) < 4.78 is 9.55. The zero-order chi connectivity index (χ0) is 11.1. The molecule has 82 valence electrons. The smallest absolute Gasteiger partial charge is 0.336 e. The van der Waals surface area contributed by atoms with Crippen LogP contribution in [0.2, 0.25) is 0 Å². The summed E-state index contributed by atoms with van der Waals surface area (Å²) in [5.41, 5.74) is 0. The van der Waals surface area contributed by atoms with Crippen molar-refractivity contribution in [2.45, 2.75) is 26.1 Å². The second-order valence-corrected chi connectivity index (χ2v) is 2.43. The van der Waals surface area contributed by atoms with Crippen LogP contribution in [0.4, 0.5) is 0 Å². The Hall–Kier alpha value is -1.14. The van der Waals surface area contributed by atoms with Crippen LogP contribution in [0.3, 0.4) is 0 Å². The topological polar surface area (TPSA) is 93.1 Å². The molecule has 0 saturated heterocycles. The molecule has 2 N–H and O–H groups in total. The van der Waals surface area contributed by atoms with Crippen LogP contribution in [0.15, 0.2) is 0 Å². The minimum atomic E-state index is -1.46. The maximum atomic E-state index is 10.6. The van der Waals surface area contributed by atoms with Gasteiger partial charge in [0.25, 0.3) is 0 Å². The number of carboxylic acid groups (broad SMARTS) is 2. The molecule has 0 aromatic carbocycles. The zero-order valence-electron chi connectivity index (χ0n) is 8.10. The zero-order valence-corrected chi connectivity index (χ0v) is 8.10. The van der Waals surface area contributed by atoms with Crippen molar-refractivity contribution in [2.75, 3.05) is 13.2 Å². The van der Waals surface area contributed by atoms with E-state index in [1.54, 1.807) is 13.8 Å². The van der Waals surface area contributed by atoms with Crippen molar-refractivity contribution in [2.24, 2.45) is 0 Å². The molecule has 14 heavy (non-hydrogen) atoms. The van der Waals surface area contributed by atoms with Crippen LogP contribution in [0.5, 0.6) is 0 Å². The summed E-state index contributed by atoms with van der Waals surface area (Å²) in [6.07, 6.45) is -2.92. The number of hydrogen-bond donors (Lipinski definition) is 2. The molecule has 0 heterocycles. The van der Waals surface area contributed by atoms with Crippen molar-refractivity contribution in [3.63, 3.8) is 0 Å². The average Bonchev–Trinajstić information content (AvgIpc) is 2.10. The van der Waals surface area contributed by atoms with Crippen molar-refractivity contribution < 1.29 is 29.3 Å². The second kappa shape index (κ2) is 6.33. The lowest BCUT2D eigenvalue weighted by Crippen LogP contribution is -2.43. The summed E-state index contributed by atoms with van der Waals surface area (Å²) >= 11 is 0. The van der Waals surface area contributed by atoms with Crippen molar-refractivity contribution in [1.29, 1.82) is 0 Å². The molecule has 0 fully saturated rings. The Labute approximate surface area is 81.4 Å². The predicted octanol–water partition coefficient (Wildman–Crippen LogP) is -0.0342. The maximum Gasteiger partial charge on any atom is 0.336 e. The number of aliphatic carboxylic acids is 2. The first kappa shape index (κ1) is 12.9. The highest BCUT2D eigenvalue weighted by Gasteiger charge is 2.35. The number of carboxylic acids is 2. The fourth-order valence-electron chi connectivity index (χ4n) is 0.935. The molecule has 6 nitrogen and oxygen atoms in total. The van der Waals surface area contributed by atoms with Gasteiger partial charge >= 0.3 is 11.9 Å². The van der Waals surface area contributed by atoms with Crippen LogP contribution in [0, 0.1) is 0 Å². The third kappa shape index (κ3) is 3.71. The number of carbonyl (C=O) groups is 2. The van der Waals surface area contributed by atoms with E-state index in [0.29, 0.717) is 0 Å². The third-order valence-electron chi connectivity index (χ3n) is 1.45. The van der Waals surface area contributed by atoms with Gasteiger partial charge in [0.1, 0.15) is 0 Å². The molecule has 0 unspecified atom stereocenters. The van der Waals surface area contributed by atoms with Crippen molar-refractivity contribution in [1.82, 2.24) is 0 Å². The van der Waals surface area contributed by atoms with Gasteiger partial charge < -0.3 is 19.7 Å². The summed E-state index contributed by atoms with van der Waals surface area (Å²) in [5.74, 6) is -2.68. The van der Waals surface area contributed by atoms with E-state index in [9.17, 15) is 9.59 Å². The van der Waals surface area contributed by atoms with E-state index in [2.05, 4.69) is 0 Å². The normalized spacial score (nSPS) is 14.7. The van der Waals surface area contributed by atoms with E-state index in [4.69, 9.17) is 19.7 Å². The SMILES string of the molecule is CCO[C@H](C(=O)O)[C@H](OCC)C(=O)O. The minimum absolute atomic E-state index is 0.119. The fourth-order valence-corrected chi connectivity index (χ4v) is 0.935. The molecule has 0 rings (SSSR count). The molecule has 0 spiro atoms. The summed E-state index contributed by atoms with van der Waals surface area (Å²) in [4.78, 5) is 21.3. The van der Waals surface area contributed by atoms with Gasteiger partial charge in [0.05, 0.1) is 0 Å². The highest BCUT2D eigenvalue weighted by Crippen LogP contribution is 2.05. The molecule has 0 aliphatic carbocycles. The van der Waals surface area contributed by atoms with E-state index in [1.807, 2.05) is 0 Å². The molecule has 0 aromatic heterocycles. The largest absolute Gasteiger partial charge is 0.479 e. The Bertz CT molecular complexity index is 180. The molecular weight excluding hydrogens is 192 g/mol. The molecule has 0 saturated carbocycles. The van der Waals surface area contributed by atoms with Crippen molar-refractivity contribution in [3.05, 3.63) is 0 Å². The first-order valence-corrected chi connectivity index (χ1v) is 4.23. The lowest BCUT2D eigenvalue weighted by atomic mass is 10.2. The average molecular weight is 206 g/mol. The van der Waals surface area contributed by atoms with E-state index in [0.717, 1.165) is 0 Å². The van der Waals surface area contributed by atoms with Gasteiger partial charge in [-0.2, -0.15) is 0 Å². The molecule has 0 bridgehead atoms. The molecule has 0 aliphatic rings. The molecule has 0 amide bonds. The van der Waals surface area contributed by atoms with Crippen LogP contribution in [-0.2, 0) is 19.1 Å². The standard InChI is InChI=1S/C8H14O6/c1-3-13-5(7(9)10)6(8(11)12)14-4-2/h5-6H,3-4H2,1-2H3,(H,9,10)(H,11,12)/t5-,6-/m0/s1. The van der Waals surface area contributed by atoms with Gasteiger partial charge in [0, 0.05) is 13.2 Å². The van der Waals surface area contributed by atoms with Gasteiger partial charge in [-0.1, -0.05) is 0 Å². The minimum Gasteiger partial charge on any atom is -0.479 e. The van der Waals surface area contributed by atoms with Gasteiger partial charge in [-0.05, 0) is 13.8 Å². The van der Waals surface area contributed by atoms with Gasteiger partial charge in [-0.3, -0.25) is 0 Å². The Balaban J connectivity index is 4.54.